The maximum Gasteiger partial charge on any atom is 0.305 e. The Kier molecular flexibility index (Phi) is 14.2. The van der Waals surface area contributed by atoms with Crippen molar-refractivity contribution in [3.63, 3.8) is 0 Å². The van der Waals surface area contributed by atoms with Crippen LogP contribution in [-0.2, 0) is 19.2 Å². The van der Waals surface area contributed by atoms with Crippen molar-refractivity contribution in [2.24, 2.45) is 5.73 Å². The molecule has 0 saturated heterocycles. The molecule has 0 aliphatic rings. The zero-order chi connectivity index (χ0) is 28.8. The van der Waals surface area contributed by atoms with Gasteiger partial charge in [0.25, 0.3) is 5.91 Å². The van der Waals surface area contributed by atoms with Crippen LogP contribution < -0.4 is 21.7 Å². The molecular weight excluding hydrogens is 500 g/mol. The van der Waals surface area contributed by atoms with E-state index in [1.807, 2.05) is 6.92 Å². The van der Waals surface area contributed by atoms with Gasteiger partial charge >= 0.3 is 5.97 Å². The second-order valence-corrected chi connectivity index (χ2v) is 8.77. The average Bonchev–Trinajstić information content (AvgIpc) is 2.89. The van der Waals surface area contributed by atoms with Crippen LogP contribution in [0.25, 0.3) is 0 Å². The number of carboxylic acid groups (broad SMARTS) is 1. The van der Waals surface area contributed by atoms with E-state index in [2.05, 4.69) is 22.5 Å². The predicted octanol–water partition coefficient (Wildman–Crippen LogP) is -1.93. The van der Waals surface area contributed by atoms with E-state index in [4.69, 9.17) is 10.8 Å². The number of aliphatic carboxylic acids is 1. The van der Waals surface area contributed by atoms with Crippen molar-refractivity contribution in [3.05, 3.63) is 48.6 Å². The maximum absolute atomic E-state index is 12.7. The zero-order valence-electron chi connectivity index (χ0n) is 21.2. The monoisotopic (exact) mass is 538 g/mol. The molecule has 10 N–H and O–H groups in total. The van der Waals surface area contributed by atoms with Gasteiger partial charge in [-0.1, -0.05) is 49.8 Å². The fourth-order valence-corrected chi connectivity index (χ4v) is 3.59. The van der Waals surface area contributed by atoms with E-state index in [-0.39, 0.29) is 6.42 Å². The van der Waals surface area contributed by atoms with Gasteiger partial charge in [-0.25, -0.2) is 0 Å². The highest BCUT2D eigenvalue weighted by Crippen LogP contribution is 2.17. The number of rotatable bonds is 17. The van der Waals surface area contributed by atoms with Crippen LogP contribution in [0.15, 0.2) is 43.0 Å². The van der Waals surface area contributed by atoms with Gasteiger partial charge in [0.05, 0.1) is 31.2 Å². The van der Waals surface area contributed by atoms with Crippen molar-refractivity contribution in [1.29, 1.82) is 0 Å². The molecule has 0 aromatic heterocycles. The molecule has 0 spiro atoms. The van der Waals surface area contributed by atoms with E-state index in [9.17, 15) is 39.6 Å². The highest BCUT2D eigenvalue weighted by atomic mass is 16.4. The van der Waals surface area contributed by atoms with Crippen molar-refractivity contribution in [2.75, 3.05) is 6.61 Å². The molecule has 0 heterocycles. The van der Waals surface area contributed by atoms with Gasteiger partial charge in [-0.15, -0.1) is 6.58 Å². The Morgan fingerprint density at radius 1 is 0.974 bits per heavy atom. The summed E-state index contributed by atoms with van der Waals surface area (Å²) in [5, 5.41) is 57.2. The summed E-state index contributed by atoms with van der Waals surface area (Å²) in [6, 6.07) is 3.47. The van der Waals surface area contributed by atoms with Gasteiger partial charge in [0, 0.05) is 0 Å². The number of nitrogens with two attached hydrogens (primary N) is 1. The zero-order valence-corrected chi connectivity index (χ0v) is 21.2. The summed E-state index contributed by atoms with van der Waals surface area (Å²) in [7, 11) is 0. The second kappa shape index (κ2) is 16.5. The van der Waals surface area contributed by atoms with E-state index in [0.717, 1.165) is 0 Å². The van der Waals surface area contributed by atoms with Crippen molar-refractivity contribution in [1.82, 2.24) is 16.0 Å². The third-order valence-corrected chi connectivity index (χ3v) is 5.75. The number of hydrogen-bond acceptors (Lipinski definition) is 9. The first kappa shape index (κ1) is 32.7. The number of aliphatic hydroxyl groups excluding tert-OH is 4. The molecule has 1 aromatic carbocycles. The molecule has 13 heteroatoms. The average molecular weight is 539 g/mol. The van der Waals surface area contributed by atoms with Crippen LogP contribution in [0.3, 0.4) is 0 Å². The number of carboxylic acids is 1. The minimum atomic E-state index is -2.24. The van der Waals surface area contributed by atoms with Gasteiger partial charge in [0.1, 0.15) is 18.2 Å². The largest absolute Gasteiger partial charge is 0.481 e. The van der Waals surface area contributed by atoms with Crippen LogP contribution in [0.1, 0.15) is 44.2 Å². The first-order valence-corrected chi connectivity index (χ1v) is 12.2. The molecule has 0 fully saturated rings. The lowest BCUT2D eigenvalue weighted by atomic mass is 9.98. The summed E-state index contributed by atoms with van der Waals surface area (Å²) in [4.78, 5) is 48.8. The second-order valence-electron chi connectivity index (χ2n) is 8.77. The van der Waals surface area contributed by atoms with Gasteiger partial charge < -0.3 is 47.2 Å². The molecule has 1 aromatic rings. The highest BCUT2D eigenvalue weighted by Gasteiger charge is 2.37. The SMILES string of the molecule is C=CC[C@H](NC(=O)[C@@H](N)CCC)C(=O)N[C@@H](CO)[C@@H](O)[C@@H](O)[C@H](O)C(=O)N[C@@H](CC(=O)O)c1ccccc1. The number of benzene rings is 1. The minimum Gasteiger partial charge on any atom is -0.481 e. The molecule has 13 nitrogen and oxygen atoms in total. The fraction of sp³-hybridized carbons (Fsp3) is 0.520. The molecule has 212 valence electrons. The van der Waals surface area contributed by atoms with E-state index in [0.29, 0.717) is 18.4 Å². The summed E-state index contributed by atoms with van der Waals surface area (Å²) in [6.07, 6.45) is -4.59. The molecule has 0 saturated carbocycles. The van der Waals surface area contributed by atoms with Crippen molar-refractivity contribution in [2.45, 2.75) is 75.1 Å². The molecule has 0 aliphatic carbocycles. The summed E-state index contributed by atoms with van der Waals surface area (Å²) in [5.74, 6) is -3.83. The summed E-state index contributed by atoms with van der Waals surface area (Å²) >= 11 is 0. The van der Waals surface area contributed by atoms with Crippen LogP contribution in [0.4, 0.5) is 0 Å². The molecule has 1 rings (SSSR count). The summed E-state index contributed by atoms with van der Waals surface area (Å²) in [5.41, 5.74) is 6.20. The first-order valence-electron chi connectivity index (χ1n) is 12.2. The number of carbonyl (C=O) groups is 4. The van der Waals surface area contributed by atoms with Gasteiger partial charge in [0.2, 0.25) is 11.8 Å². The lowest BCUT2D eigenvalue weighted by Gasteiger charge is -2.30. The number of carbonyl (C=O) groups excluding carboxylic acids is 3. The Bertz CT molecular complexity index is 931. The molecular formula is C25H38N4O9. The van der Waals surface area contributed by atoms with Crippen molar-refractivity contribution >= 4 is 23.7 Å². The smallest absolute Gasteiger partial charge is 0.305 e. The Balaban J connectivity index is 2.90. The molecule has 7 atom stereocenters. The quantitative estimate of drug-likeness (QED) is 0.0996. The predicted molar refractivity (Wildman–Crippen MR) is 136 cm³/mol. The van der Waals surface area contributed by atoms with Crippen molar-refractivity contribution < 1.29 is 44.7 Å². The topological polar surface area (TPSA) is 232 Å². The molecule has 0 unspecified atom stereocenters. The Hall–Kier alpha value is -3.36. The molecule has 3 amide bonds. The number of amides is 3. The van der Waals surface area contributed by atoms with E-state index >= 15 is 0 Å². The minimum absolute atomic E-state index is 0.0112. The third-order valence-electron chi connectivity index (χ3n) is 5.75. The standard InChI is InChI=1S/C25H38N4O9/c1-3-8-15(26)23(36)27-16(9-4-2)24(37)29-18(13-30)20(33)21(34)22(35)25(38)28-17(12-19(31)32)14-10-6-5-7-11-14/h4-7,10-11,15-18,20-22,30,33-35H,2-3,8-9,12-13,26H2,1H3,(H,27,36)(H,28,38)(H,29,37)(H,31,32)/t15-,16-,17-,18-,20+,21+,22-/m0/s1. The van der Waals surface area contributed by atoms with E-state index < -0.39 is 79.2 Å². The van der Waals surface area contributed by atoms with Crippen LogP contribution in [-0.4, -0.2) is 92.3 Å². The van der Waals surface area contributed by atoms with Gasteiger partial charge in [-0.3, -0.25) is 19.2 Å². The van der Waals surface area contributed by atoms with Crippen molar-refractivity contribution in [3.8, 4) is 0 Å². The maximum atomic E-state index is 12.7. The lowest BCUT2D eigenvalue weighted by molar-refractivity contribution is -0.145. The third kappa shape index (κ3) is 10.2. The number of hydrogen-bond donors (Lipinski definition) is 9. The van der Waals surface area contributed by atoms with Crippen LogP contribution in [0, 0.1) is 0 Å². The lowest BCUT2D eigenvalue weighted by Crippen LogP contribution is -2.59. The normalized spacial score (nSPS) is 16.6. The number of aliphatic hydroxyl groups is 4. The summed E-state index contributed by atoms with van der Waals surface area (Å²) < 4.78 is 0. The fourth-order valence-electron chi connectivity index (χ4n) is 3.59. The van der Waals surface area contributed by atoms with Gasteiger partial charge in [-0.05, 0) is 18.4 Å². The summed E-state index contributed by atoms with van der Waals surface area (Å²) in [6.45, 7) is 4.47. The highest BCUT2D eigenvalue weighted by molar-refractivity contribution is 5.90. The molecule has 38 heavy (non-hydrogen) atoms. The van der Waals surface area contributed by atoms with Gasteiger partial charge in [0.15, 0.2) is 6.10 Å². The van der Waals surface area contributed by atoms with E-state index in [1.165, 1.54) is 6.08 Å². The Morgan fingerprint density at radius 2 is 1.61 bits per heavy atom. The van der Waals surface area contributed by atoms with Crippen LogP contribution in [0.5, 0.6) is 0 Å². The van der Waals surface area contributed by atoms with Gasteiger partial charge in [-0.2, -0.15) is 0 Å². The Labute approximate surface area is 220 Å². The Morgan fingerprint density at radius 3 is 2.13 bits per heavy atom. The van der Waals surface area contributed by atoms with E-state index in [1.54, 1.807) is 30.3 Å². The van der Waals surface area contributed by atoms with Crippen LogP contribution in [0.2, 0.25) is 0 Å². The molecule has 0 aliphatic heterocycles. The molecule has 0 radical (unpaired) electrons. The van der Waals surface area contributed by atoms with Crippen LogP contribution >= 0.6 is 0 Å². The first-order chi connectivity index (χ1) is 18.0. The molecule has 0 bridgehead atoms. The number of nitrogens with one attached hydrogen (secondary N) is 3.